The Morgan fingerprint density at radius 3 is 1.03 bits per heavy atom. The number of aromatic nitrogens is 6. The second-order valence-electron chi connectivity index (χ2n) is 18.6. The highest BCUT2D eigenvalue weighted by Crippen LogP contribution is 2.31. The number of Topliss-reactive ketones (excluding diaryl/α,β-unsaturated/α-hetero) is 4. The number of hydrogen-bond donors (Lipinski definition) is 2. The summed E-state index contributed by atoms with van der Waals surface area (Å²) in [5, 5.41) is 9.53. The molecule has 0 bridgehead atoms. The van der Waals surface area contributed by atoms with Crippen molar-refractivity contribution in [3.63, 3.8) is 0 Å². The van der Waals surface area contributed by atoms with E-state index in [0.717, 1.165) is 39.0 Å². The Hall–Kier alpha value is -12.4. The number of sulfonamides is 2. The Morgan fingerprint density at radius 2 is 0.713 bits per heavy atom. The van der Waals surface area contributed by atoms with Crippen LogP contribution in [-0.4, -0.2) is 143 Å². The molecule has 8 aromatic rings. The van der Waals surface area contributed by atoms with Crippen molar-refractivity contribution in [3.8, 4) is 11.8 Å². The summed E-state index contributed by atoms with van der Waals surface area (Å²) in [6.45, 7) is 2.60. The van der Waals surface area contributed by atoms with Crippen molar-refractivity contribution in [1.29, 1.82) is 0 Å². The fourth-order valence-electron chi connectivity index (χ4n) is 8.37. The van der Waals surface area contributed by atoms with Gasteiger partial charge in [-0.3, -0.25) is 28.8 Å². The zero-order valence-corrected chi connectivity index (χ0v) is 48.7. The summed E-state index contributed by atoms with van der Waals surface area (Å²) in [7, 11) is -7.88. The van der Waals surface area contributed by atoms with Gasteiger partial charge in [-0.05, 0) is 74.5 Å². The van der Waals surface area contributed by atoms with Gasteiger partial charge in [-0.2, -0.15) is 0 Å². The number of halogens is 4. The summed E-state index contributed by atoms with van der Waals surface area (Å²) in [6.07, 6.45) is 3.06. The highest BCUT2D eigenvalue weighted by Gasteiger charge is 2.37. The number of carbonyl (C=O) groups excluding carboxylic acids is 14. The van der Waals surface area contributed by atoms with Crippen LogP contribution >= 0.6 is 0 Å². The molecule has 0 unspecified atom stereocenters. The molecule has 0 atom stereocenters. The number of nitrogens with zero attached hydrogens (tertiary/aromatic N) is 6. The van der Waals surface area contributed by atoms with Crippen molar-refractivity contribution >= 4 is 124 Å². The number of hydrogen-bond acceptors (Lipinski definition) is 30. The number of nitrogens with two attached hydrogens (primary N) is 2. The zero-order chi connectivity index (χ0) is 69.3. The molecule has 4 aromatic heterocycles. The lowest BCUT2D eigenvalue weighted by Gasteiger charge is -2.12. The molecule has 478 valence electrons. The third kappa shape index (κ3) is 13.4. The van der Waals surface area contributed by atoms with Crippen molar-refractivity contribution in [1.82, 2.24) is 29.9 Å². The van der Waals surface area contributed by atoms with Crippen LogP contribution in [0.2, 0.25) is 0 Å². The lowest BCUT2D eigenvalue weighted by molar-refractivity contribution is -0.182. The molecule has 32 nitrogen and oxygen atoms in total. The van der Waals surface area contributed by atoms with Gasteiger partial charge in [-0.25, -0.2) is 113 Å². The van der Waals surface area contributed by atoms with E-state index in [1.54, 1.807) is 0 Å². The first-order valence-corrected chi connectivity index (χ1v) is 28.1. The van der Waals surface area contributed by atoms with Gasteiger partial charge >= 0.3 is 47.8 Å². The lowest BCUT2D eigenvalue weighted by atomic mass is 9.96. The number of aryl methyl sites for hydroxylation is 2. The summed E-state index contributed by atoms with van der Waals surface area (Å²) in [5.41, 5.74) is -10.6. The number of pyridine rings is 2. The molecule has 4 heterocycles. The maximum atomic E-state index is 15.3. The standard InChI is InChI=1S/C56H30F4N8O24S2/c1-19-25-9-21(41(69)43(71)23-13-29(47(87-3)63-15-23)45(73)35-31(57)5-7-33(37(35)59)93(61,83)84)11-27(39(25)67-17-65-19)49(75)89-51(77)53(79)91-55(81)56(82)92-54(80)52(78)90-50(76)28-12-22(10-26-20(2)66-18-68-40(26)28)42(70)44(72)24-14-30(48(88-4)64-16-24)46(74)36-32(58)6-8-34(38(36)60)94(62,85)86/h5-18H,1-4H3,(H2,61,83,84)(H2,62,85,86). The molecule has 94 heavy (non-hydrogen) atoms. The van der Waals surface area contributed by atoms with Crippen LogP contribution in [0.5, 0.6) is 11.8 Å². The average molecular weight is 1340 g/mol. The Morgan fingerprint density at radius 1 is 0.404 bits per heavy atom. The van der Waals surface area contributed by atoms with E-state index in [9.17, 15) is 92.7 Å². The average Bonchev–Trinajstić information content (AvgIpc) is 0.791. The van der Waals surface area contributed by atoms with Gasteiger partial charge in [0.25, 0.3) is 0 Å². The monoisotopic (exact) mass is 1340 g/mol. The van der Waals surface area contributed by atoms with Crippen molar-refractivity contribution in [3.05, 3.63) is 176 Å². The van der Waals surface area contributed by atoms with Crippen LogP contribution in [0.25, 0.3) is 21.8 Å². The molecule has 4 N–H and O–H groups in total. The molecule has 0 saturated heterocycles. The van der Waals surface area contributed by atoms with Crippen LogP contribution in [0, 0.1) is 37.1 Å². The number of ether oxygens (including phenoxy) is 6. The Labute approximate surface area is 518 Å². The van der Waals surface area contributed by atoms with E-state index in [1.165, 1.54) is 13.8 Å². The van der Waals surface area contributed by atoms with Crippen molar-refractivity contribution in [2.24, 2.45) is 10.3 Å². The van der Waals surface area contributed by atoms with Crippen LogP contribution in [0.15, 0.2) is 95.5 Å². The van der Waals surface area contributed by atoms with E-state index in [2.05, 4.69) is 48.9 Å². The van der Waals surface area contributed by atoms with Gasteiger partial charge in [0.1, 0.15) is 34.1 Å². The van der Waals surface area contributed by atoms with Crippen molar-refractivity contribution < 1.29 is 130 Å². The predicted molar refractivity (Wildman–Crippen MR) is 293 cm³/mol. The number of carbonyl (C=O) groups is 14. The normalized spacial score (nSPS) is 11.2. The molecular formula is C56H30F4N8O24S2. The number of rotatable bonds is 16. The minimum atomic E-state index is -4.88. The smallest absolute Gasteiger partial charge is 0.426 e. The zero-order valence-electron chi connectivity index (χ0n) is 47.0. The highest BCUT2D eigenvalue weighted by atomic mass is 32.2. The number of benzene rings is 4. The minimum absolute atomic E-state index is 0.0194. The molecule has 0 saturated carbocycles. The van der Waals surface area contributed by atoms with Gasteiger partial charge in [-0.15, -0.1) is 0 Å². The summed E-state index contributed by atoms with van der Waals surface area (Å²) in [5.74, 6) is -36.8. The Bertz CT molecular complexity index is 4790. The van der Waals surface area contributed by atoms with E-state index < -0.39 is 214 Å². The molecule has 0 amide bonds. The molecule has 0 fully saturated rings. The fraction of sp³-hybridized carbons (Fsp3) is 0.0714. The first-order chi connectivity index (χ1) is 44.1. The summed E-state index contributed by atoms with van der Waals surface area (Å²) in [4.78, 5) is 205. The van der Waals surface area contributed by atoms with E-state index in [0.29, 0.717) is 60.9 Å². The first kappa shape index (κ1) is 67.5. The van der Waals surface area contributed by atoms with Gasteiger partial charge < -0.3 is 28.4 Å². The second-order valence-corrected chi connectivity index (χ2v) is 21.6. The van der Waals surface area contributed by atoms with Crippen LogP contribution in [-0.2, 0) is 67.8 Å². The van der Waals surface area contributed by atoms with Crippen molar-refractivity contribution in [2.45, 2.75) is 23.6 Å². The highest BCUT2D eigenvalue weighted by molar-refractivity contribution is 7.89. The third-order valence-electron chi connectivity index (χ3n) is 12.8. The van der Waals surface area contributed by atoms with Gasteiger partial charge in [0.05, 0.1) is 58.6 Å². The molecule has 4 aromatic carbocycles. The Balaban J connectivity index is 0.943. The lowest BCUT2D eigenvalue weighted by Crippen LogP contribution is -2.33. The molecule has 0 aliphatic heterocycles. The molecule has 0 spiro atoms. The van der Waals surface area contributed by atoms with Gasteiger partial charge in [0.15, 0.2) is 11.6 Å². The Kier molecular flexibility index (Phi) is 18.8. The van der Waals surface area contributed by atoms with Gasteiger partial charge in [0, 0.05) is 56.8 Å². The van der Waals surface area contributed by atoms with Crippen LogP contribution in [0.4, 0.5) is 17.6 Å². The number of primary sulfonamides is 2. The van der Waals surface area contributed by atoms with E-state index in [4.69, 9.17) is 19.8 Å². The van der Waals surface area contributed by atoms with E-state index in [1.807, 2.05) is 0 Å². The topological polar surface area (TPSA) is 492 Å². The van der Waals surface area contributed by atoms with Gasteiger partial charge in [-0.1, -0.05) is 0 Å². The molecule has 38 heteroatoms. The maximum absolute atomic E-state index is 15.3. The first-order valence-electron chi connectivity index (χ1n) is 25.0. The fourth-order valence-corrected chi connectivity index (χ4v) is 9.59. The van der Waals surface area contributed by atoms with Crippen molar-refractivity contribution in [2.75, 3.05) is 14.2 Å². The minimum Gasteiger partial charge on any atom is -0.480 e. The second kappa shape index (κ2) is 26.2. The molecule has 0 aliphatic rings. The molecule has 8 rings (SSSR count). The SMILES string of the molecule is COc1ncc(C(=O)C(=O)c2cc(C(=O)OC(=O)C(=O)OC(=O)C(=O)OC(=O)C(=O)OC(=O)c3cc(C(=O)C(=O)c4cnc(OC)c(C(=O)c5c(F)ccc(S(N)(=O)=O)c5F)c4)cc4c(C)ncnc34)c3ncnc(C)c3c2)cc1C(=O)c1c(F)ccc(S(N)(=O)=O)c1F. The van der Waals surface area contributed by atoms with Crippen LogP contribution in [0.1, 0.15) is 105 Å². The largest absolute Gasteiger partial charge is 0.480 e. The third-order valence-corrected chi connectivity index (χ3v) is 14.6. The number of esters is 8. The summed E-state index contributed by atoms with van der Waals surface area (Å²) in [6, 6.07) is 5.90. The summed E-state index contributed by atoms with van der Waals surface area (Å²) < 4.78 is 135. The van der Waals surface area contributed by atoms with Gasteiger partial charge in [0.2, 0.25) is 66.5 Å². The predicted octanol–water partition coefficient (Wildman–Crippen LogP) is 1.65. The quantitative estimate of drug-likeness (QED) is 0.0347. The van der Waals surface area contributed by atoms with E-state index in [-0.39, 0.29) is 22.2 Å². The van der Waals surface area contributed by atoms with E-state index >= 15 is 8.78 Å². The maximum Gasteiger partial charge on any atom is 0.426 e. The molecule has 0 radical (unpaired) electrons. The summed E-state index contributed by atoms with van der Waals surface area (Å²) >= 11 is 0. The number of ketones is 6. The van der Waals surface area contributed by atoms with Crippen LogP contribution < -0.4 is 19.8 Å². The van der Waals surface area contributed by atoms with Crippen LogP contribution in [0.3, 0.4) is 0 Å². The molecular weight excluding hydrogens is 1310 g/mol. The number of methoxy groups -OCH3 is 2. The number of fused-ring (bicyclic) bond motifs is 2. The molecule has 0 aliphatic carbocycles.